The van der Waals surface area contributed by atoms with Gasteiger partial charge in [-0.25, -0.2) is 9.18 Å². The van der Waals surface area contributed by atoms with E-state index in [4.69, 9.17) is 21.1 Å². The van der Waals surface area contributed by atoms with Crippen molar-refractivity contribution in [3.63, 3.8) is 0 Å². The summed E-state index contributed by atoms with van der Waals surface area (Å²) >= 11 is 5.40. The lowest BCUT2D eigenvalue weighted by molar-refractivity contribution is -0.119. The summed E-state index contributed by atoms with van der Waals surface area (Å²) in [6.45, 7) is 2.79. The number of rotatable bonds is 5. The molecule has 0 spiro atoms. The van der Waals surface area contributed by atoms with E-state index in [9.17, 15) is 14.0 Å². The van der Waals surface area contributed by atoms with E-state index in [1.807, 2.05) is 4.90 Å². The van der Waals surface area contributed by atoms with Crippen LogP contribution in [0.25, 0.3) is 0 Å². The molecule has 1 aromatic rings. The highest BCUT2D eigenvalue weighted by Crippen LogP contribution is 2.28. The molecule has 2 saturated heterocycles. The van der Waals surface area contributed by atoms with Crippen LogP contribution >= 0.6 is 11.6 Å². The molecule has 0 aliphatic carbocycles. The molecule has 2 aliphatic rings. The molecule has 1 atom stereocenters. The molecule has 1 aromatic carbocycles. The lowest BCUT2D eigenvalue weighted by Crippen LogP contribution is -2.37. The van der Waals surface area contributed by atoms with Gasteiger partial charge in [-0.3, -0.25) is 9.69 Å². The molecule has 2 amide bonds. The number of cyclic esters (lactones) is 1. The van der Waals surface area contributed by atoms with Crippen LogP contribution in [0.2, 0.25) is 0 Å². The Bertz CT molecular complexity index is 654. The van der Waals surface area contributed by atoms with Crippen molar-refractivity contribution in [1.82, 2.24) is 5.32 Å². The van der Waals surface area contributed by atoms with Gasteiger partial charge in [0.15, 0.2) is 0 Å². The van der Waals surface area contributed by atoms with E-state index in [1.165, 1.54) is 11.0 Å². The molecule has 2 fully saturated rings. The van der Waals surface area contributed by atoms with Gasteiger partial charge in [0.1, 0.15) is 17.8 Å². The first-order valence-corrected chi connectivity index (χ1v) is 8.55. The van der Waals surface area contributed by atoms with Crippen molar-refractivity contribution in [2.24, 2.45) is 0 Å². The van der Waals surface area contributed by atoms with Gasteiger partial charge in [0, 0.05) is 13.1 Å². The molecule has 0 saturated carbocycles. The zero-order valence-electron chi connectivity index (χ0n) is 13.5. The first-order valence-electron chi connectivity index (χ1n) is 8.01. The fraction of sp³-hybridized carbons (Fsp3) is 0.500. The highest BCUT2D eigenvalue weighted by atomic mass is 35.5. The van der Waals surface area contributed by atoms with Gasteiger partial charge in [0.2, 0.25) is 5.91 Å². The molecule has 3 rings (SSSR count). The second-order valence-corrected chi connectivity index (χ2v) is 6.06. The number of hydrogen-bond acceptors (Lipinski definition) is 5. The third-order valence-corrected chi connectivity index (χ3v) is 4.36. The standard InChI is InChI=1S/C16H19ClFN3O4/c17-8-15(22)19-9-12-10-21(16(23)25-12)11-1-2-14(13(18)7-11)20-3-5-24-6-4-20/h1-2,7,12H,3-6,8-10H2,(H,19,22)/t12-/m0/s1. The number of ether oxygens (including phenoxy) is 2. The zero-order valence-corrected chi connectivity index (χ0v) is 14.3. The van der Waals surface area contributed by atoms with Crippen LogP contribution < -0.4 is 15.1 Å². The van der Waals surface area contributed by atoms with Gasteiger partial charge >= 0.3 is 6.09 Å². The smallest absolute Gasteiger partial charge is 0.414 e. The number of carbonyl (C=O) groups is 2. The van der Waals surface area contributed by atoms with Crippen molar-refractivity contribution in [3.05, 3.63) is 24.0 Å². The normalized spacial score (nSPS) is 20.6. The van der Waals surface area contributed by atoms with Crippen LogP contribution in [0.15, 0.2) is 18.2 Å². The maximum Gasteiger partial charge on any atom is 0.414 e. The summed E-state index contributed by atoms with van der Waals surface area (Å²) in [5.41, 5.74) is 0.913. The Morgan fingerprint density at radius 3 is 2.80 bits per heavy atom. The number of alkyl halides is 1. The fourth-order valence-electron chi connectivity index (χ4n) is 2.84. The second kappa shape index (κ2) is 7.88. The monoisotopic (exact) mass is 371 g/mol. The topological polar surface area (TPSA) is 71.1 Å². The van der Waals surface area contributed by atoms with E-state index in [0.717, 1.165) is 0 Å². The number of nitrogens with zero attached hydrogens (tertiary/aromatic N) is 2. The number of halogens is 2. The number of carbonyl (C=O) groups excluding carboxylic acids is 2. The third kappa shape index (κ3) is 4.13. The second-order valence-electron chi connectivity index (χ2n) is 5.79. The van der Waals surface area contributed by atoms with E-state index in [2.05, 4.69) is 5.32 Å². The molecule has 2 heterocycles. The highest BCUT2D eigenvalue weighted by molar-refractivity contribution is 6.27. The van der Waals surface area contributed by atoms with E-state index < -0.39 is 18.0 Å². The van der Waals surface area contributed by atoms with Crippen molar-refractivity contribution >= 4 is 35.0 Å². The largest absolute Gasteiger partial charge is 0.442 e. The minimum absolute atomic E-state index is 0.154. The van der Waals surface area contributed by atoms with E-state index in [-0.39, 0.29) is 24.9 Å². The Kier molecular flexibility index (Phi) is 5.60. The van der Waals surface area contributed by atoms with E-state index in [0.29, 0.717) is 37.7 Å². The van der Waals surface area contributed by atoms with Crippen molar-refractivity contribution in [2.75, 3.05) is 55.1 Å². The molecule has 2 aliphatic heterocycles. The number of benzene rings is 1. The summed E-state index contributed by atoms with van der Waals surface area (Å²) in [6.07, 6.45) is -1.06. The molecular weight excluding hydrogens is 353 g/mol. The number of morpholine rings is 1. The molecule has 1 N–H and O–H groups in total. The van der Waals surface area contributed by atoms with Gasteiger partial charge in [0.05, 0.1) is 37.7 Å². The predicted octanol–water partition coefficient (Wildman–Crippen LogP) is 1.34. The summed E-state index contributed by atoms with van der Waals surface area (Å²) < 4.78 is 24.9. The van der Waals surface area contributed by atoms with Crippen LogP contribution in [-0.4, -0.2) is 63.4 Å². The van der Waals surface area contributed by atoms with Crippen LogP contribution in [0.4, 0.5) is 20.6 Å². The average molecular weight is 372 g/mol. The molecule has 0 unspecified atom stereocenters. The fourth-order valence-corrected chi connectivity index (χ4v) is 2.93. The molecule has 25 heavy (non-hydrogen) atoms. The van der Waals surface area contributed by atoms with Gasteiger partial charge in [-0.05, 0) is 18.2 Å². The number of nitrogens with one attached hydrogen (secondary N) is 1. The molecule has 0 bridgehead atoms. The van der Waals surface area contributed by atoms with E-state index >= 15 is 0 Å². The molecule has 0 radical (unpaired) electrons. The maximum atomic E-state index is 14.5. The van der Waals surface area contributed by atoms with Crippen molar-refractivity contribution < 1.29 is 23.5 Å². The number of hydrogen-bond donors (Lipinski definition) is 1. The molecular formula is C16H19ClFN3O4. The predicted molar refractivity (Wildman–Crippen MR) is 90.8 cm³/mol. The quantitative estimate of drug-likeness (QED) is 0.791. The maximum absolute atomic E-state index is 14.5. The SMILES string of the molecule is O=C(CCl)NC[C@H]1CN(c2ccc(N3CCOCC3)c(F)c2)C(=O)O1. The Hall–Kier alpha value is -2.06. The van der Waals surface area contributed by atoms with E-state index in [1.54, 1.807) is 12.1 Å². The van der Waals surface area contributed by atoms with Gasteiger partial charge in [-0.2, -0.15) is 0 Å². The van der Waals surface area contributed by atoms with Crippen LogP contribution in [0, 0.1) is 5.82 Å². The van der Waals surface area contributed by atoms with Crippen LogP contribution in [-0.2, 0) is 14.3 Å². The summed E-state index contributed by atoms with van der Waals surface area (Å²) in [6, 6.07) is 4.67. The number of amides is 2. The summed E-state index contributed by atoms with van der Waals surface area (Å²) in [7, 11) is 0. The van der Waals surface area contributed by atoms with Crippen molar-refractivity contribution in [1.29, 1.82) is 0 Å². The van der Waals surface area contributed by atoms with Crippen LogP contribution in [0.3, 0.4) is 0 Å². The lowest BCUT2D eigenvalue weighted by Gasteiger charge is -2.29. The first kappa shape index (κ1) is 17.8. The Morgan fingerprint density at radius 2 is 2.12 bits per heavy atom. The zero-order chi connectivity index (χ0) is 17.8. The Balaban J connectivity index is 1.66. The Labute approximate surface area is 149 Å². The first-order chi connectivity index (χ1) is 12.1. The van der Waals surface area contributed by atoms with Crippen LogP contribution in [0.5, 0.6) is 0 Å². The molecule has 9 heteroatoms. The van der Waals surface area contributed by atoms with Gasteiger partial charge in [0.25, 0.3) is 0 Å². The Morgan fingerprint density at radius 1 is 1.36 bits per heavy atom. The molecule has 7 nitrogen and oxygen atoms in total. The van der Waals surface area contributed by atoms with Crippen molar-refractivity contribution in [2.45, 2.75) is 6.10 Å². The minimum atomic E-state index is -0.566. The summed E-state index contributed by atoms with van der Waals surface area (Å²) in [5.74, 6) is -0.887. The van der Waals surface area contributed by atoms with Gasteiger partial charge in [-0.15, -0.1) is 11.6 Å². The average Bonchev–Trinajstić information content (AvgIpc) is 3.01. The summed E-state index contributed by atoms with van der Waals surface area (Å²) in [5, 5.41) is 2.56. The molecule has 0 aromatic heterocycles. The lowest BCUT2D eigenvalue weighted by atomic mass is 10.2. The summed E-state index contributed by atoms with van der Waals surface area (Å²) in [4.78, 5) is 26.4. The highest BCUT2D eigenvalue weighted by Gasteiger charge is 2.33. The number of anilines is 2. The van der Waals surface area contributed by atoms with Gasteiger partial charge < -0.3 is 19.7 Å². The molecule has 136 valence electrons. The minimum Gasteiger partial charge on any atom is -0.442 e. The van der Waals surface area contributed by atoms with Crippen LogP contribution in [0.1, 0.15) is 0 Å². The van der Waals surface area contributed by atoms with Gasteiger partial charge in [-0.1, -0.05) is 0 Å². The third-order valence-electron chi connectivity index (χ3n) is 4.12. The van der Waals surface area contributed by atoms with Crippen molar-refractivity contribution in [3.8, 4) is 0 Å².